The van der Waals surface area contributed by atoms with Crippen molar-refractivity contribution in [1.29, 1.82) is 0 Å². The van der Waals surface area contributed by atoms with E-state index in [1.54, 1.807) is 12.1 Å². The summed E-state index contributed by atoms with van der Waals surface area (Å²) in [5.74, 6) is -1.06. The van der Waals surface area contributed by atoms with Gasteiger partial charge in [0, 0.05) is 36.8 Å². The Hall–Kier alpha value is -2.90. The zero-order valence-corrected chi connectivity index (χ0v) is 17.8. The fourth-order valence-electron chi connectivity index (χ4n) is 2.57. The Balaban J connectivity index is 1.69. The van der Waals surface area contributed by atoms with E-state index in [9.17, 15) is 14.0 Å². The second-order valence-electron chi connectivity index (χ2n) is 6.96. The zero-order chi connectivity index (χ0) is 22.1. The van der Waals surface area contributed by atoms with Gasteiger partial charge in [0.15, 0.2) is 6.61 Å². The van der Waals surface area contributed by atoms with Crippen LogP contribution in [0.25, 0.3) is 0 Å². The summed E-state index contributed by atoms with van der Waals surface area (Å²) in [7, 11) is 3.96. The molecule has 0 bridgehead atoms. The highest BCUT2D eigenvalue weighted by atomic mass is 35.5. The number of benzene rings is 2. The molecule has 0 saturated carbocycles. The van der Waals surface area contributed by atoms with Gasteiger partial charge < -0.3 is 20.3 Å². The summed E-state index contributed by atoms with van der Waals surface area (Å²) in [6.07, 6.45) is 0.367. The van der Waals surface area contributed by atoms with Gasteiger partial charge in [-0.05, 0) is 43.9 Å². The predicted molar refractivity (Wildman–Crippen MR) is 115 cm³/mol. The first kappa shape index (κ1) is 23.4. The second kappa shape index (κ2) is 11.3. The first-order chi connectivity index (χ1) is 14.2. The maximum absolute atomic E-state index is 13.3. The molecule has 8 heteroatoms. The second-order valence-corrected chi connectivity index (χ2v) is 7.36. The van der Waals surface area contributed by atoms with Crippen molar-refractivity contribution in [3.8, 4) is 5.75 Å². The van der Waals surface area contributed by atoms with E-state index < -0.39 is 11.7 Å². The first-order valence-corrected chi connectivity index (χ1v) is 9.69. The Bertz CT molecular complexity index is 901. The molecular formula is C22H25ClFN3O3. The molecule has 0 fully saturated rings. The lowest BCUT2D eigenvalue weighted by Crippen LogP contribution is -2.31. The molecule has 0 spiro atoms. The highest BCUT2D eigenvalue weighted by molar-refractivity contribution is 6.30. The number of hydrogen-bond donors (Lipinski definition) is 2. The summed E-state index contributed by atoms with van der Waals surface area (Å²) in [5.41, 5.74) is 2.12. The lowest BCUT2D eigenvalue weighted by molar-refractivity contribution is -0.122. The summed E-state index contributed by atoms with van der Waals surface area (Å²) in [6, 6.07) is 11.3. The molecule has 2 amide bonds. The van der Waals surface area contributed by atoms with Crippen LogP contribution in [-0.2, 0) is 11.3 Å². The molecule has 0 heterocycles. The third kappa shape index (κ3) is 7.85. The van der Waals surface area contributed by atoms with Crippen molar-refractivity contribution in [1.82, 2.24) is 15.5 Å². The Morgan fingerprint density at radius 3 is 2.50 bits per heavy atom. The number of nitrogens with zero attached hydrogens (tertiary/aromatic N) is 1. The van der Waals surface area contributed by atoms with Gasteiger partial charge in [-0.3, -0.25) is 9.59 Å². The quantitative estimate of drug-likeness (QED) is 0.602. The van der Waals surface area contributed by atoms with Crippen molar-refractivity contribution in [3.05, 3.63) is 76.7 Å². The molecule has 0 aliphatic heterocycles. The van der Waals surface area contributed by atoms with Crippen LogP contribution in [-0.4, -0.2) is 44.0 Å². The van der Waals surface area contributed by atoms with Crippen LogP contribution >= 0.6 is 11.6 Å². The molecule has 0 unspecified atom stereocenters. The minimum atomic E-state index is -0.623. The molecule has 2 aromatic carbocycles. The average molecular weight is 434 g/mol. The van der Waals surface area contributed by atoms with Crippen LogP contribution in [0.5, 0.6) is 5.75 Å². The van der Waals surface area contributed by atoms with Gasteiger partial charge in [0.2, 0.25) is 0 Å². The summed E-state index contributed by atoms with van der Waals surface area (Å²) in [4.78, 5) is 26.1. The molecule has 0 radical (unpaired) electrons. The standard InChI is InChI=1S/C22H25ClFN3O3/c1-15(26-21(28)14-30-18-8-9-19(23)20(24)12-18)10-11-25-22(29)17-6-4-16(5-7-17)13-27(2)3/h4-9,12H,1,10-11,13-14H2,2-3H3,(H,25,29)(H,26,28). The highest BCUT2D eigenvalue weighted by Crippen LogP contribution is 2.20. The number of carbonyl (C=O) groups is 2. The van der Waals surface area contributed by atoms with Crippen LogP contribution in [0.1, 0.15) is 22.3 Å². The van der Waals surface area contributed by atoms with Crippen LogP contribution in [0, 0.1) is 5.82 Å². The van der Waals surface area contributed by atoms with E-state index in [2.05, 4.69) is 17.2 Å². The molecule has 2 rings (SSSR count). The van der Waals surface area contributed by atoms with Gasteiger partial charge in [0.05, 0.1) is 5.02 Å². The molecular weight excluding hydrogens is 409 g/mol. The molecule has 0 atom stereocenters. The Morgan fingerprint density at radius 2 is 1.87 bits per heavy atom. The molecule has 2 aromatic rings. The van der Waals surface area contributed by atoms with Crippen molar-refractivity contribution in [2.75, 3.05) is 27.2 Å². The number of rotatable bonds is 10. The summed E-state index contributed by atoms with van der Waals surface area (Å²) >= 11 is 5.59. The topological polar surface area (TPSA) is 70.7 Å². The maximum atomic E-state index is 13.3. The van der Waals surface area contributed by atoms with Gasteiger partial charge in [-0.15, -0.1) is 0 Å². The van der Waals surface area contributed by atoms with Gasteiger partial charge in [0.25, 0.3) is 11.8 Å². The lowest BCUT2D eigenvalue weighted by atomic mass is 10.1. The molecule has 0 aromatic heterocycles. The van der Waals surface area contributed by atoms with Crippen molar-refractivity contribution < 1.29 is 18.7 Å². The molecule has 0 aliphatic carbocycles. The Labute approximate surface area is 180 Å². The van der Waals surface area contributed by atoms with Crippen molar-refractivity contribution in [2.24, 2.45) is 0 Å². The van der Waals surface area contributed by atoms with Crippen LogP contribution in [0.15, 0.2) is 54.7 Å². The summed E-state index contributed by atoms with van der Waals surface area (Å²) < 4.78 is 18.6. The fraction of sp³-hybridized carbons (Fsp3) is 0.273. The Morgan fingerprint density at radius 1 is 1.17 bits per heavy atom. The van der Waals surface area contributed by atoms with Gasteiger partial charge in [-0.2, -0.15) is 0 Å². The minimum absolute atomic E-state index is 0.0215. The molecule has 0 aliphatic rings. The SMILES string of the molecule is C=C(CCNC(=O)c1ccc(CN(C)C)cc1)NC(=O)COc1ccc(Cl)c(F)c1. The van der Waals surface area contributed by atoms with E-state index in [1.165, 1.54) is 12.1 Å². The van der Waals surface area contributed by atoms with E-state index in [1.807, 2.05) is 31.1 Å². The number of halogens is 2. The number of hydrogen-bond acceptors (Lipinski definition) is 4. The van der Waals surface area contributed by atoms with Gasteiger partial charge in [-0.25, -0.2) is 4.39 Å². The van der Waals surface area contributed by atoms with E-state index in [-0.39, 0.29) is 23.3 Å². The number of ether oxygens (including phenoxy) is 1. The normalized spacial score (nSPS) is 10.6. The van der Waals surface area contributed by atoms with E-state index in [0.717, 1.165) is 18.2 Å². The first-order valence-electron chi connectivity index (χ1n) is 9.32. The number of nitrogens with one attached hydrogen (secondary N) is 2. The predicted octanol–water partition coefficient (Wildman–Crippen LogP) is 3.37. The summed E-state index contributed by atoms with van der Waals surface area (Å²) in [6.45, 7) is 4.59. The van der Waals surface area contributed by atoms with Gasteiger partial charge in [0.1, 0.15) is 11.6 Å². The highest BCUT2D eigenvalue weighted by Gasteiger charge is 2.08. The van der Waals surface area contributed by atoms with Crippen LogP contribution < -0.4 is 15.4 Å². The van der Waals surface area contributed by atoms with Gasteiger partial charge in [-0.1, -0.05) is 30.3 Å². The fourth-order valence-corrected chi connectivity index (χ4v) is 2.68. The third-order valence-corrected chi connectivity index (χ3v) is 4.31. The van der Waals surface area contributed by atoms with Crippen molar-refractivity contribution in [3.63, 3.8) is 0 Å². The largest absolute Gasteiger partial charge is 0.484 e. The number of amides is 2. The van der Waals surface area contributed by atoms with E-state index in [4.69, 9.17) is 16.3 Å². The molecule has 0 saturated heterocycles. The number of carbonyl (C=O) groups excluding carboxylic acids is 2. The van der Waals surface area contributed by atoms with E-state index >= 15 is 0 Å². The van der Waals surface area contributed by atoms with Crippen LogP contribution in [0.4, 0.5) is 4.39 Å². The third-order valence-electron chi connectivity index (χ3n) is 4.00. The molecule has 6 nitrogen and oxygen atoms in total. The van der Waals surface area contributed by atoms with Crippen molar-refractivity contribution >= 4 is 23.4 Å². The smallest absolute Gasteiger partial charge is 0.262 e. The maximum Gasteiger partial charge on any atom is 0.262 e. The van der Waals surface area contributed by atoms with Crippen LogP contribution in [0.2, 0.25) is 5.02 Å². The molecule has 160 valence electrons. The summed E-state index contributed by atoms with van der Waals surface area (Å²) in [5, 5.41) is 5.35. The minimum Gasteiger partial charge on any atom is -0.484 e. The molecule has 30 heavy (non-hydrogen) atoms. The lowest BCUT2D eigenvalue weighted by Gasteiger charge is -2.11. The van der Waals surface area contributed by atoms with E-state index in [0.29, 0.717) is 24.2 Å². The average Bonchev–Trinajstić information content (AvgIpc) is 2.69. The van der Waals surface area contributed by atoms with Crippen molar-refractivity contribution in [2.45, 2.75) is 13.0 Å². The monoisotopic (exact) mass is 433 g/mol. The molecule has 2 N–H and O–H groups in total. The zero-order valence-electron chi connectivity index (χ0n) is 17.0. The Kier molecular flexibility index (Phi) is 8.83. The van der Waals surface area contributed by atoms with Crippen LogP contribution in [0.3, 0.4) is 0 Å². The van der Waals surface area contributed by atoms with Gasteiger partial charge >= 0.3 is 0 Å².